The van der Waals surface area contributed by atoms with E-state index in [2.05, 4.69) is 4.90 Å². The van der Waals surface area contributed by atoms with E-state index in [-0.39, 0.29) is 11.7 Å². The number of benzene rings is 2. The highest BCUT2D eigenvalue weighted by atomic mass is 19.1. The Balaban J connectivity index is 1.63. The number of hydrogen-bond donors (Lipinski definition) is 0. The Morgan fingerprint density at radius 1 is 1.00 bits per heavy atom. The van der Waals surface area contributed by atoms with E-state index in [4.69, 9.17) is 4.74 Å². The van der Waals surface area contributed by atoms with Gasteiger partial charge in [-0.1, -0.05) is 30.3 Å². The average molecular weight is 382 g/mol. The van der Waals surface area contributed by atoms with Gasteiger partial charge in [0.1, 0.15) is 5.82 Å². The third-order valence-corrected chi connectivity index (χ3v) is 4.73. The summed E-state index contributed by atoms with van der Waals surface area (Å²) in [4.78, 5) is 28.6. The Hall–Kier alpha value is -2.99. The molecule has 1 aliphatic heterocycles. The summed E-state index contributed by atoms with van der Waals surface area (Å²) in [7, 11) is 1.34. The van der Waals surface area contributed by atoms with Gasteiger partial charge in [-0.15, -0.1) is 0 Å². The van der Waals surface area contributed by atoms with E-state index in [9.17, 15) is 14.0 Å². The summed E-state index contributed by atoms with van der Waals surface area (Å²) in [5.41, 5.74) is 1.92. The van der Waals surface area contributed by atoms with E-state index in [1.54, 1.807) is 18.2 Å². The number of ether oxygens (including phenoxy) is 1. The summed E-state index contributed by atoms with van der Waals surface area (Å²) in [6.45, 7) is 2.93. The summed E-state index contributed by atoms with van der Waals surface area (Å²) in [6.07, 6.45) is 1.72. The normalized spacial score (nSPS) is 15.4. The molecule has 2 aromatic rings. The Bertz CT molecular complexity index is 842. The van der Waals surface area contributed by atoms with Crippen LogP contribution < -0.4 is 0 Å². The number of halogens is 1. The fraction of sp³-hybridized carbons (Fsp3) is 0.273. The molecular formula is C22H23FN2O3. The lowest BCUT2D eigenvalue weighted by atomic mass is 10.1. The Morgan fingerprint density at radius 3 is 2.25 bits per heavy atom. The molecule has 0 radical (unpaired) electrons. The molecule has 0 spiro atoms. The van der Waals surface area contributed by atoms with Crippen LogP contribution in [0, 0.1) is 5.82 Å². The molecular weight excluding hydrogens is 359 g/mol. The molecule has 5 nitrogen and oxygen atoms in total. The molecule has 1 amide bonds. The van der Waals surface area contributed by atoms with E-state index in [0.29, 0.717) is 43.9 Å². The summed E-state index contributed by atoms with van der Waals surface area (Å²) in [5, 5.41) is 0. The van der Waals surface area contributed by atoms with Crippen LogP contribution in [0.25, 0.3) is 6.08 Å². The molecule has 1 aliphatic rings. The van der Waals surface area contributed by atoms with Crippen molar-refractivity contribution in [3.8, 4) is 0 Å². The summed E-state index contributed by atoms with van der Waals surface area (Å²) in [6, 6.07) is 15.2. The lowest BCUT2D eigenvalue weighted by Crippen LogP contribution is -2.49. The number of nitrogens with zero attached hydrogens (tertiary/aromatic N) is 2. The molecule has 2 aromatic carbocycles. The molecule has 0 bridgehead atoms. The fourth-order valence-electron chi connectivity index (χ4n) is 3.17. The smallest absolute Gasteiger partial charge is 0.335 e. The summed E-state index contributed by atoms with van der Waals surface area (Å²) < 4.78 is 18.0. The van der Waals surface area contributed by atoms with Gasteiger partial charge in [-0.3, -0.25) is 9.69 Å². The number of methoxy groups -OCH3 is 1. The second-order valence-electron chi connectivity index (χ2n) is 6.65. The molecule has 6 heteroatoms. The van der Waals surface area contributed by atoms with Crippen molar-refractivity contribution in [2.24, 2.45) is 0 Å². The Labute approximate surface area is 164 Å². The van der Waals surface area contributed by atoms with E-state index < -0.39 is 5.97 Å². The molecule has 28 heavy (non-hydrogen) atoms. The Morgan fingerprint density at radius 2 is 1.64 bits per heavy atom. The number of rotatable bonds is 5. The van der Waals surface area contributed by atoms with Crippen molar-refractivity contribution in [1.82, 2.24) is 9.80 Å². The van der Waals surface area contributed by atoms with E-state index in [0.717, 1.165) is 5.56 Å². The maximum absolute atomic E-state index is 13.1. The van der Waals surface area contributed by atoms with Crippen molar-refractivity contribution >= 4 is 18.0 Å². The molecule has 0 aromatic heterocycles. The first-order chi connectivity index (χ1) is 13.6. The lowest BCUT2D eigenvalue weighted by Gasteiger charge is -2.35. The van der Waals surface area contributed by atoms with Gasteiger partial charge < -0.3 is 9.64 Å². The van der Waals surface area contributed by atoms with Gasteiger partial charge in [0, 0.05) is 38.3 Å². The zero-order chi connectivity index (χ0) is 19.9. The topological polar surface area (TPSA) is 49.9 Å². The van der Waals surface area contributed by atoms with Crippen LogP contribution >= 0.6 is 0 Å². The van der Waals surface area contributed by atoms with Crippen LogP contribution in [0.1, 0.15) is 15.9 Å². The summed E-state index contributed by atoms with van der Waals surface area (Å²) >= 11 is 0. The van der Waals surface area contributed by atoms with E-state index in [1.165, 1.54) is 19.2 Å². The molecule has 0 unspecified atom stereocenters. The zero-order valence-electron chi connectivity index (χ0n) is 15.8. The SMILES string of the molecule is COC(=O)/C(=C/c1ccc(F)cc1)CN1CCN(C(=O)c2ccccc2)CC1. The maximum atomic E-state index is 13.1. The van der Waals surface area contributed by atoms with Gasteiger partial charge in [0.2, 0.25) is 0 Å². The number of hydrogen-bond acceptors (Lipinski definition) is 4. The van der Waals surface area contributed by atoms with Crippen molar-refractivity contribution < 1.29 is 18.7 Å². The molecule has 0 saturated carbocycles. The van der Waals surface area contributed by atoms with Gasteiger partial charge in [0.15, 0.2) is 0 Å². The van der Waals surface area contributed by atoms with Crippen LogP contribution in [0.3, 0.4) is 0 Å². The van der Waals surface area contributed by atoms with Crippen molar-refractivity contribution in [3.63, 3.8) is 0 Å². The minimum absolute atomic E-state index is 0.0234. The van der Waals surface area contributed by atoms with Crippen LogP contribution in [0.5, 0.6) is 0 Å². The minimum Gasteiger partial charge on any atom is -0.466 e. The zero-order valence-corrected chi connectivity index (χ0v) is 15.8. The van der Waals surface area contributed by atoms with Crippen LogP contribution in [-0.4, -0.2) is 61.5 Å². The van der Waals surface area contributed by atoms with E-state index >= 15 is 0 Å². The van der Waals surface area contributed by atoms with Gasteiger partial charge >= 0.3 is 5.97 Å². The predicted molar refractivity (Wildman–Crippen MR) is 105 cm³/mol. The standard InChI is InChI=1S/C22H23FN2O3/c1-28-22(27)19(15-17-7-9-20(23)10-8-17)16-24-11-13-25(14-12-24)21(26)18-5-3-2-4-6-18/h2-10,15H,11-14,16H2,1H3/b19-15+. The van der Waals surface area contributed by atoms with Crippen molar-refractivity contribution in [2.75, 3.05) is 39.8 Å². The fourth-order valence-corrected chi connectivity index (χ4v) is 3.17. The van der Waals surface area contributed by atoms with Crippen LogP contribution in [0.15, 0.2) is 60.2 Å². The van der Waals surface area contributed by atoms with Gasteiger partial charge in [-0.05, 0) is 35.9 Å². The van der Waals surface area contributed by atoms with Gasteiger partial charge in [-0.25, -0.2) is 9.18 Å². The van der Waals surface area contributed by atoms with E-state index in [1.807, 2.05) is 35.2 Å². The molecule has 1 saturated heterocycles. The number of amides is 1. The molecule has 0 atom stereocenters. The first-order valence-electron chi connectivity index (χ1n) is 9.18. The van der Waals surface area contributed by atoms with Gasteiger partial charge in [0.25, 0.3) is 5.91 Å². The Kier molecular flexibility index (Phi) is 6.55. The van der Waals surface area contributed by atoms with Crippen LogP contribution in [0.4, 0.5) is 4.39 Å². The molecule has 1 heterocycles. The lowest BCUT2D eigenvalue weighted by molar-refractivity contribution is -0.136. The van der Waals surface area contributed by atoms with Crippen molar-refractivity contribution in [2.45, 2.75) is 0 Å². The van der Waals surface area contributed by atoms with Gasteiger partial charge in [0.05, 0.1) is 12.7 Å². The van der Waals surface area contributed by atoms with Crippen LogP contribution in [0.2, 0.25) is 0 Å². The third-order valence-electron chi connectivity index (χ3n) is 4.73. The quantitative estimate of drug-likeness (QED) is 0.589. The first-order valence-corrected chi connectivity index (χ1v) is 9.18. The number of piperazine rings is 1. The molecule has 146 valence electrons. The molecule has 1 fully saturated rings. The molecule has 0 aliphatic carbocycles. The molecule has 3 rings (SSSR count). The highest BCUT2D eigenvalue weighted by Gasteiger charge is 2.24. The second-order valence-corrected chi connectivity index (χ2v) is 6.65. The third kappa shape index (κ3) is 5.04. The molecule has 0 N–H and O–H groups in total. The number of esters is 1. The number of carbonyl (C=O) groups is 2. The second kappa shape index (κ2) is 9.28. The summed E-state index contributed by atoms with van der Waals surface area (Å²) in [5.74, 6) is -0.710. The van der Waals surface area contributed by atoms with Crippen molar-refractivity contribution in [1.29, 1.82) is 0 Å². The number of carbonyl (C=O) groups excluding carboxylic acids is 2. The first kappa shape index (κ1) is 19.8. The van der Waals surface area contributed by atoms with Crippen LogP contribution in [-0.2, 0) is 9.53 Å². The predicted octanol–water partition coefficient (Wildman–Crippen LogP) is 2.84. The maximum Gasteiger partial charge on any atom is 0.335 e. The minimum atomic E-state index is -0.410. The monoisotopic (exact) mass is 382 g/mol. The highest BCUT2D eigenvalue weighted by Crippen LogP contribution is 2.14. The highest BCUT2D eigenvalue weighted by molar-refractivity contribution is 5.95. The van der Waals surface area contributed by atoms with Crippen molar-refractivity contribution in [3.05, 3.63) is 77.1 Å². The van der Waals surface area contributed by atoms with Gasteiger partial charge in [-0.2, -0.15) is 0 Å². The average Bonchev–Trinajstić information content (AvgIpc) is 2.75. The largest absolute Gasteiger partial charge is 0.466 e.